The Bertz CT molecular complexity index is 360. The molecule has 2 rings (SSSR count). The van der Waals surface area contributed by atoms with Crippen LogP contribution in [0.5, 0.6) is 0 Å². The van der Waals surface area contributed by atoms with Crippen LogP contribution in [0.2, 0.25) is 0 Å². The van der Waals surface area contributed by atoms with Crippen molar-refractivity contribution in [1.29, 1.82) is 0 Å². The Morgan fingerprint density at radius 2 is 2.12 bits per heavy atom. The molecule has 2 N–H and O–H groups in total. The third-order valence-electron chi connectivity index (χ3n) is 3.50. The van der Waals surface area contributed by atoms with E-state index in [1.54, 1.807) is 0 Å². The highest BCUT2D eigenvalue weighted by atomic mass is 15.2. The highest BCUT2D eigenvalue weighted by Gasteiger charge is 2.28. The maximum absolute atomic E-state index is 5.64. The molecular weight excluding hydrogens is 208 g/mol. The zero-order valence-corrected chi connectivity index (χ0v) is 11.0. The molecule has 0 spiro atoms. The maximum Gasteiger partial charge on any atom is 0.0402 e. The standard InChI is InChI=1S/C15H24N2/c1-12(2)11-17-14(7-5-9-16)10-13-6-3-4-8-15(13)17/h3-4,6,8,12,14H,5,7,9-11,16H2,1-2H3. The van der Waals surface area contributed by atoms with Crippen molar-refractivity contribution in [3.8, 4) is 0 Å². The van der Waals surface area contributed by atoms with Gasteiger partial charge >= 0.3 is 0 Å². The van der Waals surface area contributed by atoms with Gasteiger partial charge in [-0.05, 0) is 43.4 Å². The second kappa shape index (κ2) is 5.54. The Morgan fingerprint density at radius 3 is 2.82 bits per heavy atom. The van der Waals surface area contributed by atoms with Crippen molar-refractivity contribution in [2.45, 2.75) is 39.2 Å². The predicted molar refractivity (Wildman–Crippen MR) is 74.4 cm³/mol. The first-order chi connectivity index (χ1) is 8.22. The molecule has 1 unspecified atom stereocenters. The molecule has 0 saturated heterocycles. The van der Waals surface area contributed by atoms with Gasteiger partial charge in [0.05, 0.1) is 0 Å². The molecule has 1 aromatic rings. The third-order valence-corrected chi connectivity index (χ3v) is 3.50. The lowest BCUT2D eigenvalue weighted by Gasteiger charge is -2.29. The topological polar surface area (TPSA) is 29.3 Å². The molecule has 1 heterocycles. The summed E-state index contributed by atoms with van der Waals surface area (Å²) >= 11 is 0. The molecule has 1 aromatic carbocycles. The second-order valence-corrected chi connectivity index (χ2v) is 5.46. The molecule has 17 heavy (non-hydrogen) atoms. The van der Waals surface area contributed by atoms with E-state index in [4.69, 9.17) is 5.73 Å². The summed E-state index contributed by atoms with van der Waals surface area (Å²) in [6, 6.07) is 9.50. The molecule has 0 aliphatic carbocycles. The van der Waals surface area contributed by atoms with Gasteiger partial charge in [-0.25, -0.2) is 0 Å². The van der Waals surface area contributed by atoms with Gasteiger partial charge in [-0.1, -0.05) is 32.0 Å². The Hall–Kier alpha value is -1.02. The van der Waals surface area contributed by atoms with Gasteiger partial charge in [0.1, 0.15) is 0 Å². The molecule has 1 atom stereocenters. The van der Waals surface area contributed by atoms with E-state index in [0.717, 1.165) is 19.5 Å². The number of para-hydroxylation sites is 1. The summed E-state index contributed by atoms with van der Waals surface area (Å²) in [5.74, 6) is 0.710. The van der Waals surface area contributed by atoms with Crippen molar-refractivity contribution in [3.63, 3.8) is 0 Å². The first-order valence-electron chi connectivity index (χ1n) is 6.77. The van der Waals surface area contributed by atoms with Crippen LogP contribution >= 0.6 is 0 Å². The maximum atomic E-state index is 5.64. The van der Waals surface area contributed by atoms with Crippen LogP contribution in [0.1, 0.15) is 32.3 Å². The highest BCUT2D eigenvalue weighted by molar-refractivity contribution is 5.59. The molecule has 0 amide bonds. The van der Waals surface area contributed by atoms with Gasteiger partial charge in [0.15, 0.2) is 0 Å². The minimum absolute atomic E-state index is 0.665. The number of hydrogen-bond acceptors (Lipinski definition) is 2. The minimum Gasteiger partial charge on any atom is -0.368 e. The van der Waals surface area contributed by atoms with Crippen LogP contribution in [0.3, 0.4) is 0 Å². The van der Waals surface area contributed by atoms with E-state index in [9.17, 15) is 0 Å². The van der Waals surface area contributed by atoms with E-state index in [-0.39, 0.29) is 0 Å². The summed E-state index contributed by atoms with van der Waals surface area (Å²) in [6.45, 7) is 6.55. The van der Waals surface area contributed by atoms with Crippen molar-refractivity contribution in [2.24, 2.45) is 11.7 Å². The lowest BCUT2D eigenvalue weighted by atomic mass is 10.1. The van der Waals surface area contributed by atoms with Gasteiger partial charge < -0.3 is 10.6 Å². The molecule has 2 nitrogen and oxygen atoms in total. The molecule has 94 valence electrons. The van der Waals surface area contributed by atoms with Crippen molar-refractivity contribution in [2.75, 3.05) is 18.0 Å². The summed E-state index contributed by atoms with van der Waals surface area (Å²) in [5, 5.41) is 0. The monoisotopic (exact) mass is 232 g/mol. The van der Waals surface area contributed by atoms with Gasteiger partial charge in [0.25, 0.3) is 0 Å². The molecule has 1 aliphatic rings. The zero-order chi connectivity index (χ0) is 12.3. The number of rotatable bonds is 5. The van der Waals surface area contributed by atoms with Crippen molar-refractivity contribution in [3.05, 3.63) is 29.8 Å². The van der Waals surface area contributed by atoms with E-state index >= 15 is 0 Å². The number of nitrogens with two attached hydrogens (primary N) is 1. The van der Waals surface area contributed by atoms with Crippen LogP contribution in [0, 0.1) is 5.92 Å². The second-order valence-electron chi connectivity index (χ2n) is 5.46. The Labute approximate surface area is 105 Å². The van der Waals surface area contributed by atoms with Crippen LogP contribution in [0.25, 0.3) is 0 Å². The van der Waals surface area contributed by atoms with Crippen LogP contribution < -0.4 is 10.6 Å². The molecule has 0 aromatic heterocycles. The van der Waals surface area contributed by atoms with Gasteiger partial charge in [0.2, 0.25) is 0 Å². The summed E-state index contributed by atoms with van der Waals surface area (Å²) in [5.41, 5.74) is 8.60. The lowest BCUT2D eigenvalue weighted by Crippen LogP contribution is -2.35. The third kappa shape index (κ3) is 2.81. The van der Waals surface area contributed by atoms with E-state index < -0.39 is 0 Å². The zero-order valence-electron chi connectivity index (χ0n) is 11.0. The van der Waals surface area contributed by atoms with Crippen LogP contribution in [-0.2, 0) is 6.42 Å². The van der Waals surface area contributed by atoms with Crippen LogP contribution in [0.4, 0.5) is 5.69 Å². The Morgan fingerprint density at radius 1 is 1.35 bits per heavy atom. The van der Waals surface area contributed by atoms with Crippen molar-refractivity contribution < 1.29 is 0 Å². The molecule has 0 saturated carbocycles. The fraction of sp³-hybridized carbons (Fsp3) is 0.600. The number of benzene rings is 1. The van der Waals surface area contributed by atoms with Crippen LogP contribution in [0.15, 0.2) is 24.3 Å². The SMILES string of the molecule is CC(C)CN1c2ccccc2CC1CCCN. The average molecular weight is 232 g/mol. The van der Waals surface area contributed by atoms with E-state index in [2.05, 4.69) is 43.0 Å². The number of fused-ring (bicyclic) bond motifs is 1. The van der Waals surface area contributed by atoms with E-state index in [1.807, 2.05) is 0 Å². The highest BCUT2D eigenvalue weighted by Crippen LogP contribution is 2.34. The normalized spacial score (nSPS) is 18.8. The Balaban J connectivity index is 2.14. The molecule has 2 heteroatoms. The van der Waals surface area contributed by atoms with E-state index in [0.29, 0.717) is 12.0 Å². The quantitative estimate of drug-likeness (QED) is 0.846. The summed E-state index contributed by atoms with van der Waals surface area (Å²) in [7, 11) is 0. The number of hydrogen-bond donors (Lipinski definition) is 1. The lowest BCUT2D eigenvalue weighted by molar-refractivity contribution is 0.514. The van der Waals surface area contributed by atoms with E-state index in [1.165, 1.54) is 24.1 Å². The smallest absolute Gasteiger partial charge is 0.0402 e. The summed E-state index contributed by atoms with van der Waals surface area (Å²) in [6.07, 6.45) is 3.55. The molecule has 1 aliphatic heterocycles. The predicted octanol–water partition coefficient (Wildman–Crippen LogP) is 2.81. The minimum atomic E-state index is 0.665. The fourth-order valence-corrected chi connectivity index (χ4v) is 2.78. The van der Waals surface area contributed by atoms with Gasteiger partial charge in [-0.2, -0.15) is 0 Å². The number of nitrogens with zero attached hydrogens (tertiary/aromatic N) is 1. The largest absolute Gasteiger partial charge is 0.368 e. The molecular formula is C15H24N2. The average Bonchev–Trinajstić information content (AvgIpc) is 2.64. The molecule has 0 bridgehead atoms. The van der Waals surface area contributed by atoms with Crippen molar-refractivity contribution >= 4 is 5.69 Å². The first kappa shape index (κ1) is 12.4. The Kier molecular flexibility index (Phi) is 4.06. The summed E-state index contributed by atoms with van der Waals surface area (Å²) < 4.78 is 0. The molecule has 0 radical (unpaired) electrons. The first-order valence-corrected chi connectivity index (χ1v) is 6.77. The van der Waals surface area contributed by atoms with Crippen molar-refractivity contribution in [1.82, 2.24) is 0 Å². The van der Waals surface area contributed by atoms with Crippen LogP contribution in [-0.4, -0.2) is 19.1 Å². The fourth-order valence-electron chi connectivity index (χ4n) is 2.78. The van der Waals surface area contributed by atoms with Gasteiger partial charge in [-0.15, -0.1) is 0 Å². The molecule has 0 fully saturated rings. The summed E-state index contributed by atoms with van der Waals surface area (Å²) in [4.78, 5) is 2.59. The van der Waals surface area contributed by atoms with Gasteiger partial charge in [0, 0.05) is 18.3 Å². The van der Waals surface area contributed by atoms with Gasteiger partial charge in [-0.3, -0.25) is 0 Å². The number of anilines is 1.